The van der Waals surface area contributed by atoms with Crippen molar-refractivity contribution in [2.24, 2.45) is 0 Å². The number of carbonyl (C=O) groups is 1. The molecule has 0 bridgehead atoms. The predicted molar refractivity (Wildman–Crippen MR) is 113 cm³/mol. The Morgan fingerprint density at radius 3 is 2.93 bits per heavy atom. The molecule has 1 aliphatic rings. The van der Waals surface area contributed by atoms with E-state index in [1.165, 1.54) is 12.3 Å². The maximum atomic E-state index is 13.1. The fourth-order valence-corrected chi connectivity index (χ4v) is 4.05. The Balaban J connectivity index is 1.32. The van der Waals surface area contributed by atoms with Crippen LogP contribution in [0.25, 0.3) is 11.0 Å². The van der Waals surface area contributed by atoms with E-state index < -0.39 is 5.60 Å². The van der Waals surface area contributed by atoms with E-state index in [-0.39, 0.29) is 18.3 Å². The van der Waals surface area contributed by atoms with Gasteiger partial charge in [0, 0.05) is 32.6 Å². The fraction of sp³-hybridized carbons (Fsp3) is 0.409. The number of amides is 1. The number of benzene rings is 1. The molecule has 1 saturated heterocycles. The fourth-order valence-electron chi connectivity index (χ4n) is 4.05. The summed E-state index contributed by atoms with van der Waals surface area (Å²) in [6.07, 6.45) is 2.84. The van der Waals surface area contributed by atoms with Crippen LogP contribution < -0.4 is 10.2 Å². The molecule has 0 radical (unpaired) electrons. The van der Waals surface area contributed by atoms with Crippen molar-refractivity contribution in [3.8, 4) is 0 Å². The van der Waals surface area contributed by atoms with Crippen molar-refractivity contribution in [3.63, 3.8) is 0 Å². The van der Waals surface area contributed by atoms with Gasteiger partial charge in [-0.05, 0) is 44.0 Å². The number of rotatable bonds is 6. The molecule has 1 aromatic carbocycles. The molecule has 1 fully saturated rings. The van der Waals surface area contributed by atoms with Crippen molar-refractivity contribution in [2.75, 3.05) is 24.5 Å². The van der Waals surface area contributed by atoms with E-state index in [2.05, 4.69) is 15.3 Å². The van der Waals surface area contributed by atoms with Gasteiger partial charge in [0.2, 0.25) is 5.91 Å². The number of para-hydroxylation sites is 2. The first-order valence-corrected chi connectivity index (χ1v) is 10.2. The summed E-state index contributed by atoms with van der Waals surface area (Å²) < 4.78 is 15.2. The van der Waals surface area contributed by atoms with Gasteiger partial charge in [0.05, 0.1) is 22.8 Å². The summed E-state index contributed by atoms with van der Waals surface area (Å²) >= 11 is 0. The lowest BCUT2D eigenvalue weighted by Crippen LogP contribution is -2.54. The number of aryl methyl sites for hydroxylation is 2. The number of carbonyl (C=O) groups excluding carboxylic acids is 1. The number of hydrogen-bond acceptors (Lipinski definition) is 5. The molecule has 3 aromatic rings. The van der Waals surface area contributed by atoms with E-state index >= 15 is 0 Å². The lowest BCUT2D eigenvalue weighted by Gasteiger charge is -2.39. The topological polar surface area (TPSA) is 83.3 Å². The zero-order valence-electron chi connectivity index (χ0n) is 17.0. The minimum atomic E-state index is -1.04. The van der Waals surface area contributed by atoms with E-state index in [9.17, 15) is 14.3 Å². The van der Waals surface area contributed by atoms with Crippen LogP contribution in [0.3, 0.4) is 0 Å². The number of imidazole rings is 1. The smallest absolute Gasteiger partial charge is 0.221 e. The molecule has 1 amide bonds. The maximum absolute atomic E-state index is 13.1. The van der Waals surface area contributed by atoms with Crippen LogP contribution in [0.2, 0.25) is 0 Å². The van der Waals surface area contributed by atoms with Crippen molar-refractivity contribution in [1.82, 2.24) is 19.9 Å². The summed E-state index contributed by atoms with van der Waals surface area (Å²) in [6, 6.07) is 10.8. The number of anilines is 1. The second-order valence-electron chi connectivity index (χ2n) is 7.91. The molecule has 1 unspecified atom stereocenters. The van der Waals surface area contributed by atoms with Crippen molar-refractivity contribution >= 4 is 22.8 Å². The van der Waals surface area contributed by atoms with Gasteiger partial charge in [0.25, 0.3) is 0 Å². The Kier molecular flexibility index (Phi) is 5.67. The third-order valence-corrected chi connectivity index (χ3v) is 5.61. The minimum absolute atomic E-state index is 0.113. The molecule has 2 aromatic heterocycles. The van der Waals surface area contributed by atoms with Gasteiger partial charge in [-0.15, -0.1) is 0 Å². The Hall–Kier alpha value is -3.00. The Morgan fingerprint density at radius 1 is 1.30 bits per heavy atom. The molecular formula is C22H26FN5O2. The first kappa shape index (κ1) is 20.3. The first-order chi connectivity index (χ1) is 14.4. The molecule has 2 N–H and O–H groups in total. The van der Waals surface area contributed by atoms with Gasteiger partial charge in [0.15, 0.2) is 0 Å². The van der Waals surface area contributed by atoms with Gasteiger partial charge in [-0.1, -0.05) is 12.1 Å². The lowest BCUT2D eigenvalue weighted by molar-refractivity contribution is -0.122. The van der Waals surface area contributed by atoms with E-state index in [0.29, 0.717) is 31.7 Å². The molecule has 158 valence electrons. The molecule has 4 rings (SSSR count). The Labute approximate surface area is 174 Å². The minimum Gasteiger partial charge on any atom is -0.386 e. The summed E-state index contributed by atoms with van der Waals surface area (Å²) in [7, 11) is 0. The van der Waals surface area contributed by atoms with Gasteiger partial charge in [-0.3, -0.25) is 4.79 Å². The monoisotopic (exact) mass is 411 g/mol. The SMILES string of the molecule is Cc1nc2ccccc2n1CCC(=O)NCC1(O)CCCN(c2ccc(F)cn2)C1. The molecule has 0 spiro atoms. The number of β-amino-alcohol motifs (C(OH)–C–C–N with tert-alkyl or cyclic N) is 1. The van der Waals surface area contributed by atoms with E-state index in [1.54, 1.807) is 6.07 Å². The number of aliphatic hydroxyl groups is 1. The Bertz CT molecular complexity index is 1040. The number of nitrogens with zero attached hydrogens (tertiary/aromatic N) is 4. The largest absolute Gasteiger partial charge is 0.386 e. The Morgan fingerprint density at radius 2 is 2.13 bits per heavy atom. The van der Waals surface area contributed by atoms with Crippen LogP contribution in [0.4, 0.5) is 10.2 Å². The molecule has 7 nitrogen and oxygen atoms in total. The van der Waals surface area contributed by atoms with Crippen LogP contribution in [0.5, 0.6) is 0 Å². The van der Waals surface area contributed by atoms with Crippen LogP contribution in [0.1, 0.15) is 25.1 Å². The third kappa shape index (κ3) is 4.43. The highest BCUT2D eigenvalue weighted by Crippen LogP contribution is 2.24. The van der Waals surface area contributed by atoms with Gasteiger partial charge in [0.1, 0.15) is 17.5 Å². The molecule has 8 heteroatoms. The molecule has 0 aliphatic carbocycles. The van der Waals surface area contributed by atoms with Crippen LogP contribution in [0, 0.1) is 12.7 Å². The van der Waals surface area contributed by atoms with Crippen molar-refractivity contribution in [2.45, 2.75) is 38.3 Å². The summed E-state index contributed by atoms with van der Waals surface area (Å²) in [5, 5.41) is 13.8. The number of piperidine rings is 1. The lowest BCUT2D eigenvalue weighted by atomic mass is 9.92. The van der Waals surface area contributed by atoms with Crippen LogP contribution in [0.15, 0.2) is 42.6 Å². The van der Waals surface area contributed by atoms with Crippen LogP contribution in [-0.2, 0) is 11.3 Å². The summed E-state index contributed by atoms with van der Waals surface area (Å²) in [5.74, 6) is 0.998. The normalized spacial score (nSPS) is 19.2. The number of halogens is 1. The molecular weight excluding hydrogens is 385 g/mol. The van der Waals surface area contributed by atoms with Crippen LogP contribution in [-0.4, -0.2) is 50.8 Å². The second kappa shape index (κ2) is 8.39. The van der Waals surface area contributed by atoms with Crippen molar-refractivity contribution in [1.29, 1.82) is 0 Å². The zero-order valence-corrected chi connectivity index (χ0v) is 17.0. The number of nitrogens with one attached hydrogen (secondary N) is 1. The third-order valence-electron chi connectivity index (χ3n) is 5.61. The predicted octanol–water partition coefficient (Wildman–Crippen LogP) is 2.42. The first-order valence-electron chi connectivity index (χ1n) is 10.2. The number of aromatic nitrogens is 3. The standard InChI is InChI=1S/C22H26FN5O2/c1-16-26-18-5-2-3-6-19(18)28(16)12-9-21(29)25-14-22(30)10-4-11-27(15-22)20-8-7-17(23)13-24-20/h2-3,5-8,13,30H,4,9-12,14-15H2,1H3,(H,25,29). The van der Waals surface area contributed by atoms with Gasteiger partial charge < -0.3 is 19.9 Å². The number of pyridine rings is 1. The summed E-state index contributed by atoms with van der Waals surface area (Å²) in [5.41, 5.74) is 0.888. The molecule has 0 saturated carbocycles. The summed E-state index contributed by atoms with van der Waals surface area (Å²) in [4.78, 5) is 23.0. The highest BCUT2D eigenvalue weighted by molar-refractivity contribution is 5.78. The average Bonchev–Trinajstić information content (AvgIpc) is 3.06. The number of hydrogen-bond donors (Lipinski definition) is 2. The van der Waals surface area contributed by atoms with Gasteiger partial charge in [-0.25, -0.2) is 14.4 Å². The van der Waals surface area contributed by atoms with E-state index in [1.807, 2.05) is 40.7 Å². The quantitative estimate of drug-likeness (QED) is 0.651. The number of fused-ring (bicyclic) bond motifs is 1. The van der Waals surface area contributed by atoms with Crippen LogP contribution >= 0.6 is 0 Å². The van der Waals surface area contributed by atoms with Crippen molar-refractivity contribution < 1.29 is 14.3 Å². The van der Waals surface area contributed by atoms with E-state index in [4.69, 9.17) is 0 Å². The maximum Gasteiger partial charge on any atom is 0.221 e. The highest BCUT2D eigenvalue weighted by Gasteiger charge is 2.34. The molecule has 1 atom stereocenters. The molecule has 30 heavy (non-hydrogen) atoms. The van der Waals surface area contributed by atoms with Gasteiger partial charge in [-0.2, -0.15) is 0 Å². The van der Waals surface area contributed by atoms with Gasteiger partial charge >= 0.3 is 0 Å². The average molecular weight is 411 g/mol. The molecule has 1 aliphatic heterocycles. The summed E-state index contributed by atoms with van der Waals surface area (Å²) in [6.45, 7) is 3.72. The zero-order chi connectivity index (χ0) is 21.1. The highest BCUT2D eigenvalue weighted by atomic mass is 19.1. The molecule has 3 heterocycles. The van der Waals surface area contributed by atoms with Crippen molar-refractivity contribution in [3.05, 3.63) is 54.2 Å². The van der Waals surface area contributed by atoms with E-state index in [0.717, 1.165) is 29.8 Å². The second-order valence-corrected chi connectivity index (χ2v) is 7.91.